The fourth-order valence-electron chi connectivity index (χ4n) is 4.56. The van der Waals surface area contributed by atoms with Crippen molar-refractivity contribution >= 4 is 12.1 Å². The normalized spacial score (nSPS) is 31.4. The average Bonchev–Trinajstić information content (AvgIpc) is 2.74. The van der Waals surface area contributed by atoms with E-state index in [2.05, 4.69) is 26.1 Å². The standard InChI is InChI=1S/C23H33NO6/c1-16(2)19-11-10-17(3)12-23(19)29-14-22(15-30-23,20(25)27-4)24-21(26)28-13-18-8-6-5-7-9-18/h5-9,16-17,19H,10-15H2,1-4H3,(H,24,26)/t17-,19+,22?,23?/m0/s1. The molecule has 0 radical (unpaired) electrons. The highest BCUT2D eigenvalue weighted by molar-refractivity contribution is 5.86. The van der Waals surface area contributed by atoms with E-state index < -0.39 is 23.4 Å². The van der Waals surface area contributed by atoms with Gasteiger partial charge in [-0.1, -0.05) is 57.5 Å². The second-order valence-corrected chi connectivity index (χ2v) is 8.89. The number of hydrogen-bond donors (Lipinski definition) is 1. The molecule has 1 amide bonds. The van der Waals surface area contributed by atoms with E-state index in [1.54, 1.807) is 0 Å². The van der Waals surface area contributed by atoms with Gasteiger partial charge in [-0.25, -0.2) is 9.59 Å². The molecule has 0 unspecified atom stereocenters. The van der Waals surface area contributed by atoms with Crippen molar-refractivity contribution < 1.29 is 28.5 Å². The number of rotatable bonds is 5. The first kappa shape index (κ1) is 22.6. The summed E-state index contributed by atoms with van der Waals surface area (Å²) in [5.74, 6) is -0.270. The van der Waals surface area contributed by atoms with Gasteiger partial charge < -0.3 is 24.3 Å². The molecule has 1 saturated heterocycles. The fourth-order valence-corrected chi connectivity index (χ4v) is 4.56. The molecule has 1 N–H and O–H groups in total. The Labute approximate surface area is 178 Å². The van der Waals surface area contributed by atoms with Crippen LogP contribution in [0.25, 0.3) is 0 Å². The Morgan fingerprint density at radius 1 is 1.17 bits per heavy atom. The topological polar surface area (TPSA) is 83.1 Å². The number of esters is 1. The molecule has 1 aliphatic carbocycles. The first-order chi connectivity index (χ1) is 14.3. The first-order valence-corrected chi connectivity index (χ1v) is 10.7. The zero-order valence-corrected chi connectivity index (χ0v) is 18.3. The van der Waals surface area contributed by atoms with Gasteiger partial charge in [-0.15, -0.1) is 0 Å². The SMILES string of the molecule is COC(=O)C1(NC(=O)OCc2ccccc2)COC2(C[C@@H](C)CC[C@@H]2C(C)C)OC1. The molecule has 2 aliphatic rings. The van der Waals surface area contributed by atoms with Crippen LogP contribution < -0.4 is 5.32 Å². The summed E-state index contributed by atoms with van der Waals surface area (Å²) in [6.45, 7) is 6.58. The van der Waals surface area contributed by atoms with E-state index >= 15 is 0 Å². The highest BCUT2D eigenvalue weighted by atomic mass is 16.7. The van der Waals surface area contributed by atoms with E-state index in [4.69, 9.17) is 18.9 Å². The van der Waals surface area contributed by atoms with Gasteiger partial charge in [-0.3, -0.25) is 0 Å². The Kier molecular flexibility index (Phi) is 7.03. The molecule has 1 aromatic rings. The van der Waals surface area contributed by atoms with Crippen LogP contribution in [0.3, 0.4) is 0 Å². The van der Waals surface area contributed by atoms with Crippen molar-refractivity contribution in [3.8, 4) is 0 Å². The molecule has 3 rings (SSSR count). The molecule has 1 heterocycles. The Morgan fingerprint density at radius 2 is 1.83 bits per heavy atom. The van der Waals surface area contributed by atoms with Gasteiger partial charge >= 0.3 is 12.1 Å². The van der Waals surface area contributed by atoms with Crippen LogP contribution in [0.2, 0.25) is 0 Å². The molecule has 0 bridgehead atoms. The minimum Gasteiger partial charge on any atom is -0.467 e. The number of nitrogens with one attached hydrogen (secondary N) is 1. The van der Waals surface area contributed by atoms with Crippen molar-refractivity contribution in [2.24, 2.45) is 17.8 Å². The molecule has 2 atom stereocenters. The molecule has 166 valence electrons. The molecule has 1 spiro atoms. The molecule has 30 heavy (non-hydrogen) atoms. The summed E-state index contributed by atoms with van der Waals surface area (Å²) >= 11 is 0. The van der Waals surface area contributed by atoms with Crippen molar-refractivity contribution in [2.75, 3.05) is 20.3 Å². The lowest BCUT2D eigenvalue weighted by molar-refractivity contribution is -0.333. The van der Waals surface area contributed by atoms with Crippen LogP contribution in [0.1, 0.15) is 45.6 Å². The van der Waals surface area contributed by atoms with E-state index in [1.165, 1.54) is 7.11 Å². The molecule has 1 aromatic carbocycles. The number of methoxy groups -OCH3 is 1. The maximum Gasteiger partial charge on any atom is 0.408 e. The van der Waals surface area contributed by atoms with Gasteiger partial charge in [0.15, 0.2) is 11.3 Å². The van der Waals surface area contributed by atoms with Gasteiger partial charge in [0.25, 0.3) is 0 Å². The van der Waals surface area contributed by atoms with Crippen LogP contribution in [-0.2, 0) is 30.3 Å². The number of hydrogen-bond acceptors (Lipinski definition) is 6. The number of ether oxygens (including phenoxy) is 4. The van der Waals surface area contributed by atoms with Crippen molar-refractivity contribution in [1.29, 1.82) is 0 Å². The highest BCUT2D eigenvalue weighted by Crippen LogP contribution is 2.46. The molecule has 7 nitrogen and oxygen atoms in total. The molecule has 1 aliphatic heterocycles. The Hall–Kier alpha value is -2.12. The number of carbonyl (C=O) groups is 2. The predicted molar refractivity (Wildman–Crippen MR) is 110 cm³/mol. The summed E-state index contributed by atoms with van der Waals surface area (Å²) in [7, 11) is 1.28. The molecule has 2 fully saturated rings. The van der Waals surface area contributed by atoms with Gasteiger partial charge in [-0.05, 0) is 23.8 Å². The van der Waals surface area contributed by atoms with E-state index in [0.29, 0.717) is 11.8 Å². The van der Waals surface area contributed by atoms with Crippen molar-refractivity contribution in [3.63, 3.8) is 0 Å². The summed E-state index contributed by atoms with van der Waals surface area (Å²) in [5, 5.41) is 2.64. The molecular weight excluding hydrogens is 386 g/mol. The van der Waals surface area contributed by atoms with Crippen LogP contribution in [0, 0.1) is 17.8 Å². The first-order valence-electron chi connectivity index (χ1n) is 10.7. The third kappa shape index (κ3) is 4.78. The van der Waals surface area contributed by atoms with Crippen LogP contribution in [-0.4, -0.2) is 43.7 Å². The van der Waals surface area contributed by atoms with E-state index in [0.717, 1.165) is 24.8 Å². The van der Waals surface area contributed by atoms with Crippen molar-refractivity contribution in [3.05, 3.63) is 35.9 Å². The number of benzene rings is 1. The summed E-state index contributed by atoms with van der Waals surface area (Å²) in [4.78, 5) is 25.0. The third-order valence-corrected chi connectivity index (χ3v) is 6.23. The quantitative estimate of drug-likeness (QED) is 0.734. The smallest absolute Gasteiger partial charge is 0.408 e. The second-order valence-electron chi connectivity index (χ2n) is 8.89. The largest absolute Gasteiger partial charge is 0.467 e. The van der Waals surface area contributed by atoms with Crippen LogP contribution in [0.15, 0.2) is 30.3 Å². The Balaban J connectivity index is 1.69. The second kappa shape index (κ2) is 9.35. The highest BCUT2D eigenvalue weighted by Gasteiger charge is 2.55. The predicted octanol–water partition coefficient (Wildman–Crippen LogP) is 3.66. The van der Waals surface area contributed by atoms with Gasteiger partial charge in [0, 0.05) is 12.3 Å². The number of amides is 1. The Bertz CT molecular complexity index is 726. The zero-order valence-electron chi connectivity index (χ0n) is 18.3. The maximum absolute atomic E-state index is 12.6. The molecule has 1 saturated carbocycles. The van der Waals surface area contributed by atoms with Gasteiger partial charge in [-0.2, -0.15) is 0 Å². The Morgan fingerprint density at radius 3 is 2.43 bits per heavy atom. The molecule has 0 aromatic heterocycles. The van der Waals surface area contributed by atoms with E-state index in [9.17, 15) is 9.59 Å². The number of carbonyl (C=O) groups excluding carboxylic acids is 2. The van der Waals surface area contributed by atoms with Gasteiger partial charge in [0.05, 0.1) is 20.3 Å². The van der Waals surface area contributed by atoms with Crippen LogP contribution >= 0.6 is 0 Å². The minimum absolute atomic E-state index is 0.0178. The minimum atomic E-state index is -1.43. The lowest BCUT2D eigenvalue weighted by atomic mass is 9.72. The fraction of sp³-hybridized carbons (Fsp3) is 0.652. The monoisotopic (exact) mass is 419 g/mol. The lowest BCUT2D eigenvalue weighted by Gasteiger charge is -2.52. The summed E-state index contributed by atoms with van der Waals surface area (Å²) in [6.07, 6.45) is 2.19. The molecule has 7 heteroatoms. The number of alkyl carbamates (subject to hydrolysis) is 1. The van der Waals surface area contributed by atoms with Crippen molar-refractivity contribution in [2.45, 2.75) is 58.0 Å². The zero-order chi connectivity index (χ0) is 21.8. The third-order valence-electron chi connectivity index (χ3n) is 6.23. The van der Waals surface area contributed by atoms with Crippen LogP contribution in [0.4, 0.5) is 4.79 Å². The van der Waals surface area contributed by atoms with Crippen LogP contribution in [0.5, 0.6) is 0 Å². The maximum atomic E-state index is 12.6. The van der Waals surface area contributed by atoms with E-state index in [-0.39, 0.29) is 25.7 Å². The molecular formula is C23H33NO6. The van der Waals surface area contributed by atoms with Crippen molar-refractivity contribution in [1.82, 2.24) is 5.32 Å². The summed E-state index contributed by atoms with van der Waals surface area (Å²) < 4.78 is 22.8. The summed E-state index contributed by atoms with van der Waals surface area (Å²) in [5.41, 5.74) is -0.582. The average molecular weight is 420 g/mol. The summed E-state index contributed by atoms with van der Waals surface area (Å²) in [6, 6.07) is 9.33. The van der Waals surface area contributed by atoms with Gasteiger partial charge in [0.2, 0.25) is 0 Å². The lowest BCUT2D eigenvalue weighted by Crippen LogP contribution is -2.68. The van der Waals surface area contributed by atoms with Gasteiger partial charge in [0.1, 0.15) is 6.61 Å². The van der Waals surface area contributed by atoms with E-state index in [1.807, 2.05) is 30.3 Å².